The molecule has 2 aliphatic heterocycles. The lowest BCUT2D eigenvalue weighted by Gasteiger charge is -2.39. The summed E-state index contributed by atoms with van der Waals surface area (Å²) < 4.78 is 28.6. The Hall–Kier alpha value is -2.64. The van der Waals surface area contributed by atoms with Crippen molar-refractivity contribution in [3.8, 4) is 28.7 Å². The van der Waals surface area contributed by atoms with E-state index in [2.05, 4.69) is 12.2 Å². The summed E-state index contributed by atoms with van der Waals surface area (Å²) in [7, 11) is 3.28. The Morgan fingerprint density at radius 3 is 2.57 bits per heavy atom. The Morgan fingerprint density at radius 2 is 1.86 bits per heavy atom. The molecule has 0 saturated carbocycles. The van der Waals surface area contributed by atoms with Crippen molar-refractivity contribution >= 4 is 0 Å². The molecule has 0 aliphatic carbocycles. The van der Waals surface area contributed by atoms with Crippen molar-refractivity contribution in [2.45, 2.75) is 19.1 Å². The highest BCUT2D eigenvalue weighted by atomic mass is 16.7. The van der Waals surface area contributed by atoms with Gasteiger partial charge in [0.25, 0.3) is 0 Å². The van der Waals surface area contributed by atoms with Crippen LogP contribution in [0.2, 0.25) is 0 Å². The van der Waals surface area contributed by atoms with E-state index < -0.39 is 0 Å². The van der Waals surface area contributed by atoms with Gasteiger partial charge in [0, 0.05) is 35.6 Å². The molecule has 4 rings (SSSR count). The second kappa shape index (κ2) is 7.77. The molecule has 0 unspecified atom stereocenters. The van der Waals surface area contributed by atoms with Crippen LogP contribution in [0.15, 0.2) is 30.3 Å². The zero-order valence-electron chi connectivity index (χ0n) is 16.2. The number of methoxy groups -OCH3 is 2. The van der Waals surface area contributed by atoms with Gasteiger partial charge in [0.15, 0.2) is 29.2 Å². The fourth-order valence-corrected chi connectivity index (χ4v) is 4.03. The molecule has 0 radical (unpaired) electrons. The molecule has 7 nitrogen and oxygen atoms in total. The van der Waals surface area contributed by atoms with E-state index >= 15 is 0 Å². The highest BCUT2D eigenvalue weighted by molar-refractivity contribution is 5.59. The molecule has 0 saturated heterocycles. The highest BCUT2D eigenvalue weighted by Gasteiger charge is 2.39. The lowest BCUT2D eigenvalue weighted by molar-refractivity contribution is 0.0737. The van der Waals surface area contributed by atoms with Crippen LogP contribution in [0.3, 0.4) is 0 Å². The molecule has 2 aromatic carbocycles. The van der Waals surface area contributed by atoms with Crippen LogP contribution in [0, 0.1) is 5.92 Å². The highest BCUT2D eigenvalue weighted by Crippen LogP contribution is 2.51. The summed E-state index contributed by atoms with van der Waals surface area (Å²) in [5.74, 6) is 3.52. The maximum atomic E-state index is 9.25. The Bertz CT molecular complexity index is 855. The number of nitrogens with one attached hydrogen (secondary N) is 1. The SMILES string of the molecule is COc1cccc([C@H]2c3cc4c(cc3O[C@H](NCCO)[C@@H]2C)OCO4)c1OC. The molecule has 3 atom stereocenters. The van der Waals surface area contributed by atoms with Crippen LogP contribution in [0.1, 0.15) is 24.0 Å². The molecular formula is C21H25NO6. The number of fused-ring (bicyclic) bond motifs is 2. The minimum absolute atomic E-state index is 0.0282. The van der Waals surface area contributed by atoms with Gasteiger partial charge in [0.1, 0.15) is 5.75 Å². The summed E-state index contributed by atoms with van der Waals surface area (Å²) in [5.41, 5.74) is 2.01. The number of rotatable bonds is 6. The standard InChI is InChI=1S/C21H25NO6/c1-12-19(13-5-4-6-15(24-2)20(13)25-3)14-9-17-18(27-11-26-17)10-16(14)28-21(12)22-7-8-23/h4-6,9-10,12,19,21-23H,7-8,11H2,1-3H3/t12-,19+,21+/m1/s1. The van der Waals surface area contributed by atoms with E-state index in [0.717, 1.165) is 16.9 Å². The van der Waals surface area contributed by atoms with Crippen LogP contribution < -0.4 is 29.0 Å². The van der Waals surface area contributed by atoms with Gasteiger partial charge in [0.2, 0.25) is 6.79 Å². The predicted molar refractivity (Wildman–Crippen MR) is 103 cm³/mol. The van der Waals surface area contributed by atoms with Crippen molar-refractivity contribution in [3.05, 3.63) is 41.5 Å². The van der Waals surface area contributed by atoms with Gasteiger partial charge >= 0.3 is 0 Å². The van der Waals surface area contributed by atoms with Crippen molar-refractivity contribution in [1.29, 1.82) is 0 Å². The van der Waals surface area contributed by atoms with E-state index in [9.17, 15) is 5.11 Å². The van der Waals surface area contributed by atoms with E-state index in [1.807, 2.05) is 30.3 Å². The molecule has 2 aliphatic rings. The largest absolute Gasteiger partial charge is 0.493 e. The molecule has 0 amide bonds. The first kappa shape index (κ1) is 18.7. The summed E-state index contributed by atoms with van der Waals surface area (Å²) >= 11 is 0. The van der Waals surface area contributed by atoms with Crippen LogP contribution in [-0.2, 0) is 0 Å². The molecule has 0 fully saturated rings. The van der Waals surface area contributed by atoms with E-state index in [1.54, 1.807) is 14.2 Å². The smallest absolute Gasteiger partial charge is 0.231 e. The zero-order chi connectivity index (χ0) is 19.7. The van der Waals surface area contributed by atoms with Gasteiger partial charge in [-0.05, 0) is 12.1 Å². The van der Waals surface area contributed by atoms with E-state index in [-0.39, 0.29) is 31.5 Å². The van der Waals surface area contributed by atoms with Crippen LogP contribution >= 0.6 is 0 Å². The molecule has 2 heterocycles. The number of para-hydroxylation sites is 1. The average Bonchev–Trinajstić information content (AvgIpc) is 3.17. The van der Waals surface area contributed by atoms with Gasteiger partial charge in [-0.15, -0.1) is 0 Å². The van der Waals surface area contributed by atoms with Gasteiger partial charge in [0.05, 0.1) is 20.8 Å². The predicted octanol–water partition coefficient (Wildman–Crippen LogP) is 2.50. The second-order valence-corrected chi connectivity index (χ2v) is 6.88. The van der Waals surface area contributed by atoms with Crippen molar-refractivity contribution in [2.24, 2.45) is 5.92 Å². The molecule has 0 spiro atoms. The normalized spacial score (nSPS) is 22.4. The minimum Gasteiger partial charge on any atom is -0.493 e. The molecule has 2 N–H and O–H groups in total. The van der Waals surface area contributed by atoms with Crippen LogP contribution in [0.5, 0.6) is 28.7 Å². The van der Waals surface area contributed by atoms with Crippen molar-refractivity contribution in [2.75, 3.05) is 34.2 Å². The third-order valence-corrected chi connectivity index (χ3v) is 5.32. The van der Waals surface area contributed by atoms with Crippen molar-refractivity contribution < 1.29 is 28.8 Å². The monoisotopic (exact) mass is 387 g/mol. The lowest BCUT2D eigenvalue weighted by Crippen LogP contribution is -2.46. The maximum absolute atomic E-state index is 9.25. The number of hydrogen-bond donors (Lipinski definition) is 2. The molecule has 150 valence electrons. The topological polar surface area (TPSA) is 78.4 Å². The number of aliphatic hydroxyl groups excluding tert-OH is 1. The average molecular weight is 387 g/mol. The number of benzene rings is 2. The maximum Gasteiger partial charge on any atom is 0.231 e. The summed E-state index contributed by atoms with van der Waals surface area (Å²) in [4.78, 5) is 0. The Balaban J connectivity index is 1.85. The third kappa shape index (κ3) is 3.10. The summed E-state index contributed by atoms with van der Waals surface area (Å²) in [6, 6.07) is 9.75. The summed E-state index contributed by atoms with van der Waals surface area (Å²) in [6.07, 6.45) is -0.277. The molecule has 2 aromatic rings. The van der Waals surface area contributed by atoms with Gasteiger partial charge < -0.3 is 28.8 Å². The second-order valence-electron chi connectivity index (χ2n) is 6.88. The van der Waals surface area contributed by atoms with E-state index in [1.165, 1.54) is 0 Å². The minimum atomic E-state index is -0.277. The first-order valence-electron chi connectivity index (χ1n) is 9.33. The Labute approximate surface area is 164 Å². The fraction of sp³-hybridized carbons (Fsp3) is 0.429. The quantitative estimate of drug-likeness (QED) is 0.788. The summed E-state index contributed by atoms with van der Waals surface area (Å²) in [6.45, 7) is 2.80. The first-order chi connectivity index (χ1) is 13.7. The Kier molecular flexibility index (Phi) is 5.19. The van der Waals surface area contributed by atoms with Gasteiger partial charge in [-0.3, -0.25) is 5.32 Å². The van der Waals surface area contributed by atoms with Gasteiger partial charge in [-0.2, -0.15) is 0 Å². The van der Waals surface area contributed by atoms with Gasteiger partial charge in [-0.1, -0.05) is 19.1 Å². The number of aliphatic hydroxyl groups is 1. The van der Waals surface area contributed by atoms with Crippen LogP contribution in [0.25, 0.3) is 0 Å². The molecule has 0 aromatic heterocycles. The van der Waals surface area contributed by atoms with Crippen LogP contribution in [-0.4, -0.2) is 45.5 Å². The van der Waals surface area contributed by atoms with E-state index in [0.29, 0.717) is 29.5 Å². The van der Waals surface area contributed by atoms with Gasteiger partial charge in [-0.25, -0.2) is 0 Å². The molecular weight excluding hydrogens is 362 g/mol. The van der Waals surface area contributed by atoms with E-state index in [4.69, 9.17) is 23.7 Å². The third-order valence-electron chi connectivity index (χ3n) is 5.32. The fourth-order valence-electron chi connectivity index (χ4n) is 4.03. The molecule has 28 heavy (non-hydrogen) atoms. The Morgan fingerprint density at radius 1 is 1.07 bits per heavy atom. The lowest BCUT2D eigenvalue weighted by atomic mass is 9.78. The number of ether oxygens (including phenoxy) is 5. The first-order valence-corrected chi connectivity index (χ1v) is 9.33. The van der Waals surface area contributed by atoms with Crippen molar-refractivity contribution in [3.63, 3.8) is 0 Å². The number of hydrogen-bond acceptors (Lipinski definition) is 7. The zero-order valence-corrected chi connectivity index (χ0v) is 16.2. The molecule has 0 bridgehead atoms. The van der Waals surface area contributed by atoms with Crippen molar-refractivity contribution in [1.82, 2.24) is 5.32 Å². The summed E-state index contributed by atoms with van der Waals surface area (Å²) in [5, 5.41) is 12.5. The molecule has 7 heteroatoms. The van der Waals surface area contributed by atoms with Crippen LogP contribution in [0.4, 0.5) is 0 Å².